The molecule has 1 saturated carbocycles. The quantitative estimate of drug-likeness (QED) is 0.906. The highest BCUT2D eigenvalue weighted by Gasteiger charge is 2.40. The minimum atomic E-state index is -0.0513. The smallest absolute Gasteiger partial charge is 0.227 e. The van der Waals surface area contributed by atoms with Gasteiger partial charge < -0.3 is 19.5 Å². The number of hydrogen-bond acceptors (Lipinski definition) is 3. The van der Waals surface area contributed by atoms with Crippen molar-refractivity contribution in [3.05, 3.63) is 29.5 Å². The first kappa shape index (κ1) is 16.7. The van der Waals surface area contributed by atoms with Crippen molar-refractivity contribution < 1.29 is 14.3 Å². The van der Waals surface area contributed by atoms with Gasteiger partial charge in [-0.25, -0.2) is 0 Å². The number of aromatic nitrogens is 1. The Labute approximate surface area is 158 Å². The second kappa shape index (κ2) is 6.29. The number of aromatic amines is 1. The summed E-state index contributed by atoms with van der Waals surface area (Å²) in [5.41, 5.74) is 3.52. The molecule has 1 aromatic carbocycles. The summed E-state index contributed by atoms with van der Waals surface area (Å²) in [5.74, 6) is 1.21. The molecule has 3 aliphatic rings. The second-order valence-corrected chi connectivity index (χ2v) is 8.02. The summed E-state index contributed by atoms with van der Waals surface area (Å²) in [6.45, 7) is 1.98. The van der Waals surface area contributed by atoms with Crippen LogP contribution in [0.2, 0.25) is 0 Å². The summed E-state index contributed by atoms with van der Waals surface area (Å²) < 4.78 is 5.37. The molecule has 5 rings (SSSR count). The number of hydrogen-bond donors (Lipinski definition) is 1. The van der Waals surface area contributed by atoms with Crippen molar-refractivity contribution in [2.75, 3.05) is 20.2 Å². The van der Waals surface area contributed by atoms with Crippen LogP contribution in [0.15, 0.2) is 18.2 Å². The summed E-state index contributed by atoms with van der Waals surface area (Å²) in [6, 6.07) is 6.44. The number of likely N-dealkylation sites (tertiary alicyclic amines) is 1. The van der Waals surface area contributed by atoms with Crippen LogP contribution in [0.1, 0.15) is 36.9 Å². The number of ether oxygens (including phenoxy) is 1. The van der Waals surface area contributed by atoms with E-state index in [4.69, 9.17) is 4.74 Å². The number of methoxy groups -OCH3 is 1. The van der Waals surface area contributed by atoms with Gasteiger partial charge in [0.25, 0.3) is 0 Å². The van der Waals surface area contributed by atoms with Crippen LogP contribution >= 0.6 is 0 Å². The zero-order chi connectivity index (χ0) is 18.5. The van der Waals surface area contributed by atoms with E-state index in [2.05, 4.69) is 4.98 Å². The first-order valence-corrected chi connectivity index (χ1v) is 9.90. The van der Waals surface area contributed by atoms with Crippen molar-refractivity contribution in [1.82, 2.24) is 14.8 Å². The van der Waals surface area contributed by atoms with E-state index >= 15 is 0 Å². The van der Waals surface area contributed by atoms with Crippen LogP contribution in [-0.4, -0.2) is 52.8 Å². The number of amides is 2. The molecule has 0 spiro atoms. The lowest BCUT2D eigenvalue weighted by Crippen LogP contribution is -2.48. The van der Waals surface area contributed by atoms with Gasteiger partial charge in [-0.2, -0.15) is 0 Å². The Morgan fingerprint density at radius 2 is 2.07 bits per heavy atom. The van der Waals surface area contributed by atoms with Gasteiger partial charge in [0.2, 0.25) is 11.8 Å². The van der Waals surface area contributed by atoms with Crippen LogP contribution in [0.5, 0.6) is 5.75 Å². The van der Waals surface area contributed by atoms with Crippen LogP contribution < -0.4 is 4.74 Å². The SMILES string of the molecule is COc1ccc2[nH]c3c(c2c1)CN(C(=O)[C@H]1CCC(=O)N(C2CC2)C1)CC3. The molecule has 6 heteroatoms. The van der Waals surface area contributed by atoms with Crippen molar-refractivity contribution in [3.8, 4) is 5.75 Å². The fourth-order valence-corrected chi connectivity index (χ4v) is 4.58. The summed E-state index contributed by atoms with van der Waals surface area (Å²) in [5, 5.41) is 1.14. The second-order valence-electron chi connectivity index (χ2n) is 8.02. The van der Waals surface area contributed by atoms with Crippen LogP contribution in [0.4, 0.5) is 0 Å². The topological polar surface area (TPSA) is 65.6 Å². The zero-order valence-electron chi connectivity index (χ0n) is 15.7. The predicted octanol–water partition coefficient (Wildman–Crippen LogP) is 2.46. The third-order valence-electron chi connectivity index (χ3n) is 6.28. The predicted molar refractivity (Wildman–Crippen MR) is 101 cm³/mol. The molecule has 27 heavy (non-hydrogen) atoms. The average Bonchev–Trinajstić information content (AvgIpc) is 3.48. The number of nitrogens with zero attached hydrogens (tertiary/aromatic N) is 2. The minimum absolute atomic E-state index is 0.0513. The maximum atomic E-state index is 13.2. The number of H-pyrrole nitrogens is 1. The number of carbonyl (C=O) groups is 2. The third kappa shape index (κ3) is 2.87. The number of fused-ring (bicyclic) bond motifs is 3. The molecule has 0 unspecified atom stereocenters. The molecule has 2 fully saturated rings. The Bertz CT molecular complexity index is 915. The number of rotatable bonds is 3. The van der Waals surface area contributed by atoms with Gasteiger partial charge in [0.15, 0.2) is 0 Å². The molecule has 6 nitrogen and oxygen atoms in total. The molecule has 1 N–H and O–H groups in total. The molecule has 142 valence electrons. The minimum Gasteiger partial charge on any atom is -0.497 e. The highest BCUT2D eigenvalue weighted by atomic mass is 16.5. The number of benzene rings is 1. The van der Waals surface area contributed by atoms with Crippen molar-refractivity contribution in [1.29, 1.82) is 0 Å². The van der Waals surface area contributed by atoms with Crippen LogP contribution in [0, 0.1) is 5.92 Å². The molecule has 0 radical (unpaired) electrons. The van der Waals surface area contributed by atoms with Gasteiger partial charge in [0, 0.05) is 60.7 Å². The molecule has 1 atom stereocenters. The number of piperidine rings is 1. The van der Waals surface area contributed by atoms with E-state index in [1.165, 1.54) is 11.3 Å². The van der Waals surface area contributed by atoms with Gasteiger partial charge in [-0.15, -0.1) is 0 Å². The molecule has 2 aliphatic heterocycles. The van der Waals surface area contributed by atoms with E-state index in [0.717, 1.165) is 42.5 Å². The summed E-state index contributed by atoms with van der Waals surface area (Å²) in [4.78, 5) is 32.8. The molecular weight excluding hydrogens is 342 g/mol. The molecular formula is C21H25N3O3. The lowest BCUT2D eigenvalue weighted by Gasteiger charge is -2.36. The van der Waals surface area contributed by atoms with Gasteiger partial charge in [-0.05, 0) is 37.5 Å². The third-order valence-corrected chi connectivity index (χ3v) is 6.28. The van der Waals surface area contributed by atoms with Gasteiger partial charge in [-0.3, -0.25) is 9.59 Å². The van der Waals surface area contributed by atoms with E-state index in [1.54, 1.807) is 7.11 Å². The first-order chi connectivity index (χ1) is 13.1. The lowest BCUT2D eigenvalue weighted by atomic mass is 9.94. The Hall–Kier alpha value is -2.50. The van der Waals surface area contributed by atoms with Gasteiger partial charge in [0.1, 0.15) is 5.75 Å². The number of nitrogens with one attached hydrogen (secondary N) is 1. The summed E-state index contributed by atoms with van der Waals surface area (Å²) in [6.07, 6.45) is 4.23. The van der Waals surface area contributed by atoms with Crippen LogP contribution in [0.3, 0.4) is 0 Å². The maximum Gasteiger partial charge on any atom is 0.227 e. The fourth-order valence-electron chi connectivity index (χ4n) is 4.58. The van der Waals surface area contributed by atoms with E-state index < -0.39 is 0 Å². The van der Waals surface area contributed by atoms with E-state index in [9.17, 15) is 9.59 Å². The Morgan fingerprint density at radius 1 is 1.22 bits per heavy atom. The molecule has 3 heterocycles. The molecule has 1 aromatic heterocycles. The molecule has 2 aromatic rings. The van der Waals surface area contributed by atoms with Crippen molar-refractivity contribution in [2.24, 2.45) is 5.92 Å². The Kier molecular flexibility index (Phi) is 3.88. The largest absolute Gasteiger partial charge is 0.497 e. The van der Waals surface area contributed by atoms with E-state index in [0.29, 0.717) is 32.0 Å². The summed E-state index contributed by atoms with van der Waals surface area (Å²) >= 11 is 0. The van der Waals surface area contributed by atoms with E-state index in [1.807, 2.05) is 28.0 Å². The molecule has 1 saturated heterocycles. The van der Waals surface area contributed by atoms with Crippen molar-refractivity contribution in [2.45, 2.75) is 44.7 Å². The Balaban J connectivity index is 1.37. The lowest BCUT2D eigenvalue weighted by molar-refractivity contribution is -0.144. The van der Waals surface area contributed by atoms with Gasteiger partial charge >= 0.3 is 0 Å². The highest BCUT2D eigenvalue weighted by molar-refractivity contribution is 5.88. The molecule has 1 aliphatic carbocycles. The zero-order valence-corrected chi connectivity index (χ0v) is 15.7. The van der Waals surface area contributed by atoms with Crippen molar-refractivity contribution >= 4 is 22.7 Å². The molecule has 0 bridgehead atoms. The van der Waals surface area contributed by atoms with Crippen molar-refractivity contribution in [3.63, 3.8) is 0 Å². The van der Waals surface area contributed by atoms with Crippen LogP contribution in [-0.2, 0) is 22.6 Å². The molecule has 2 amide bonds. The van der Waals surface area contributed by atoms with Crippen LogP contribution in [0.25, 0.3) is 10.9 Å². The highest BCUT2D eigenvalue weighted by Crippen LogP contribution is 2.34. The Morgan fingerprint density at radius 3 is 2.85 bits per heavy atom. The normalized spacial score (nSPS) is 22.9. The fraction of sp³-hybridized carbons (Fsp3) is 0.524. The first-order valence-electron chi connectivity index (χ1n) is 9.90. The van der Waals surface area contributed by atoms with Gasteiger partial charge in [0.05, 0.1) is 13.0 Å². The standard InChI is InChI=1S/C21H25N3O3/c1-27-15-5-6-18-16(10-15)17-12-23(9-8-19(17)22-18)21(26)13-2-7-20(25)24(11-13)14-3-4-14/h5-6,10,13-14,22H,2-4,7-9,11-12H2,1H3/t13-/m0/s1. The van der Waals surface area contributed by atoms with Gasteiger partial charge in [-0.1, -0.05) is 0 Å². The average molecular weight is 367 g/mol. The monoisotopic (exact) mass is 367 g/mol. The van der Waals surface area contributed by atoms with E-state index in [-0.39, 0.29) is 17.7 Å². The summed E-state index contributed by atoms with van der Waals surface area (Å²) in [7, 11) is 1.67. The maximum absolute atomic E-state index is 13.2. The number of carbonyl (C=O) groups excluding carboxylic acids is 2.